The van der Waals surface area contributed by atoms with Crippen LogP contribution in [0.15, 0.2) is 6.20 Å². The van der Waals surface area contributed by atoms with Crippen molar-refractivity contribution >= 4 is 5.91 Å². The molecule has 1 unspecified atom stereocenters. The van der Waals surface area contributed by atoms with E-state index in [2.05, 4.69) is 24.3 Å². The molecule has 0 fully saturated rings. The van der Waals surface area contributed by atoms with Gasteiger partial charge in [0.2, 0.25) is 0 Å². The quantitative estimate of drug-likeness (QED) is 0.768. The normalized spacial score (nSPS) is 12.7. The Labute approximate surface area is 121 Å². The first kappa shape index (κ1) is 16.7. The predicted molar refractivity (Wildman–Crippen MR) is 79.8 cm³/mol. The fraction of sp³-hybridized carbons (Fsp3) is 0.733. The van der Waals surface area contributed by atoms with Gasteiger partial charge in [0, 0.05) is 18.8 Å². The monoisotopic (exact) mass is 281 g/mol. The summed E-state index contributed by atoms with van der Waals surface area (Å²) >= 11 is 0. The summed E-state index contributed by atoms with van der Waals surface area (Å²) in [4.78, 5) is 12.2. The standard InChI is InChI=1S/C15H27N3O2/c1-5-13(6-2)18-12(4)14(10-17-18)15(20)16-9-11(3)7-8-19/h10-11,13,19H,5-9H2,1-4H3,(H,16,20). The second-order valence-corrected chi connectivity index (χ2v) is 5.39. The molecule has 0 saturated heterocycles. The largest absolute Gasteiger partial charge is 0.396 e. The van der Waals surface area contributed by atoms with E-state index in [1.165, 1.54) is 0 Å². The average molecular weight is 281 g/mol. The van der Waals surface area contributed by atoms with Gasteiger partial charge in [-0.05, 0) is 32.1 Å². The Morgan fingerprint density at radius 2 is 2.10 bits per heavy atom. The Morgan fingerprint density at radius 3 is 2.65 bits per heavy atom. The van der Waals surface area contributed by atoms with E-state index in [9.17, 15) is 4.79 Å². The summed E-state index contributed by atoms with van der Waals surface area (Å²) in [5, 5.41) is 16.1. The lowest BCUT2D eigenvalue weighted by Crippen LogP contribution is -2.29. The van der Waals surface area contributed by atoms with Crippen molar-refractivity contribution in [2.75, 3.05) is 13.2 Å². The van der Waals surface area contributed by atoms with Crippen molar-refractivity contribution in [2.24, 2.45) is 5.92 Å². The maximum Gasteiger partial charge on any atom is 0.254 e. The molecule has 20 heavy (non-hydrogen) atoms. The lowest BCUT2D eigenvalue weighted by atomic mass is 10.1. The third-order valence-corrected chi connectivity index (χ3v) is 3.81. The lowest BCUT2D eigenvalue weighted by molar-refractivity contribution is 0.0944. The van der Waals surface area contributed by atoms with Gasteiger partial charge in [0.1, 0.15) is 0 Å². The first-order valence-electron chi connectivity index (χ1n) is 7.48. The van der Waals surface area contributed by atoms with Gasteiger partial charge in [0.05, 0.1) is 17.8 Å². The number of aromatic nitrogens is 2. The molecule has 5 nitrogen and oxygen atoms in total. The van der Waals surface area contributed by atoms with Crippen LogP contribution in [-0.4, -0.2) is 33.9 Å². The van der Waals surface area contributed by atoms with Gasteiger partial charge in [0.15, 0.2) is 0 Å². The Kier molecular flexibility index (Phi) is 6.71. The predicted octanol–water partition coefficient (Wildman–Crippen LogP) is 2.30. The van der Waals surface area contributed by atoms with Gasteiger partial charge < -0.3 is 10.4 Å². The van der Waals surface area contributed by atoms with Crippen molar-refractivity contribution < 1.29 is 9.90 Å². The number of carbonyl (C=O) groups excluding carboxylic acids is 1. The highest BCUT2D eigenvalue weighted by Crippen LogP contribution is 2.19. The van der Waals surface area contributed by atoms with Crippen molar-refractivity contribution in [1.29, 1.82) is 0 Å². The van der Waals surface area contributed by atoms with Crippen molar-refractivity contribution in [3.05, 3.63) is 17.5 Å². The van der Waals surface area contributed by atoms with E-state index in [0.29, 0.717) is 24.6 Å². The van der Waals surface area contributed by atoms with Crippen LogP contribution in [-0.2, 0) is 0 Å². The Balaban J connectivity index is 2.70. The summed E-state index contributed by atoms with van der Waals surface area (Å²) < 4.78 is 1.95. The molecule has 114 valence electrons. The van der Waals surface area contributed by atoms with Crippen molar-refractivity contribution in [3.8, 4) is 0 Å². The maximum absolute atomic E-state index is 12.2. The van der Waals surface area contributed by atoms with E-state index < -0.39 is 0 Å². The molecule has 0 radical (unpaired) electrons. The topological polar surface area (TPSA) is 67.2 Å². The van der Waals surface area contributed by atoms with Gasteiger partial charge in [-0.2, -0.15) is 5.10 Å². The summed E-state index contributed by atoms with van der Waals surface area (Å²) in [6.07, 6.45) is 4.37. The van der Waals surface area contributed by atoms with Crippen molar-refractivity contribution in [3.63, 3.8) is 0 Å². The van der Waals surface area contributed by atoms with Crippen LogP contribution < -0.4 is 5.32 Å². The van der Waals surface area contributed by atoms with Crippen LogP contribution >= 0.6 is 0 Å². The third kappa shape index (κ3) is 4.07. The number of carbonyl (C=O) groups is 1. The van der Waals surface area contributed by atoms with E-state index in [-0.39, 0.29) is 18.4 Å². The van der Waals surface area contributed by atoms with E-state index in [0.717, 1.165) is 18.5 Å². The zero-order valence-corrected chi connectivity index (χ0v) is 13.0. The summed E-state index contributed by atoms with van der Waals surface area (Å²) in [5.74, 6) is 0.197. The number of aliphatic hydroxyl groups excluding tert-OH is 1. The number of nitrogens with zero attached hydrogens (tertiary/aromatic N) is 2. The highest BCUT2D eigenvalue weighted by molar-refractivity contribution is 5.95. The van der Waals surface area contributed by atoms with Crippen LogP contribution in [0.4, 0.5) is 0 Å². The minimum atomic E-state index is -0.0792. The summed E-state index contributed by atoms with van der Waals surface area (Å²) in [6, 6.07) is 0.352. The molecular formula is C15H27N3O2. The van der Waals surface area contributed by atoms with Gasteiger partial charge in [-0.15, -0.1) is 0 Å². The van der Waals surface area contributed by atoms with Gasteiger partial charge in [0.25, 0.3) is 5.91 Å². The second kappa shape index (κ2) is 8.04. The van der Waals surface area contributed by atoms with Crippen LogP contribution in [0.2, 0.25) is 0 Å². The van der Waals surface area contributed by atoms with Crippen molar-refractivity contribution in [1.82, 2.24) is 15.1 Å². The number of amides is 1. The third-order valence-electron chi connectivity index (χ3n) is 3.81. The molecule has 1 aromatic heterocycles. The second-order valence-electron chi connectivity index (χ2n) is 5.39. The minimum Gasteiger partial charge on any atom is -0.396 e. The molecule has 2 N–H and O–H groups in total. The Hall–Kier alpha value is -1.36. The molecule has 1 atom stereocenters. The summed E-state index contributed by atoms with van der Waals surface area (Å²) in [5.41, 5.74) is 1.57. The molecule has 0 aliphatic rings. The molecule has 0 aromatic carbocycles. The molecule has 0 aliphatic carbocycles. The lowest BCUT2D eigenvalue weighted by Gasteiger charge is -2.15. The molecule has 0 aliphatic heterocycles. The first-order chi connectivity index (χ1) is 9.54. The zero-order chi connectivity index (χ0) is 15.1. The van der Waals surface area contributed by atoms with Crippen molar-refractivity contribution in [2.45, 2.75) is 53.0 Å². The first-order valence-corrected chi connectivity index (χ1v) is 7.48. The van der Waals surface area contributed by atoms with Crippen LogP contribution in [0.3, 0.4) is 0 Å². The number of hydrogen-bond donors (Lipinski definition) is 2. The summed E-state index contributed by atoms with van der Waals surface area (Å²) in [7, 11) is 0. The Morgan fingerprint density at radius 1 is 1.45 bits per heavy atom. The van der Waals surface area contributed by atoms with E-state index >= 15 is 0 Å². The zero-order valence-electron chi connectivity index (χ0n) is 13.0. The highest BCUT2D eigenvalue weighted by atomic mass is 16.3. The minimum absolute atomic E-state index is 0.0792. The van der Waals surface area contributed by atoms with Gasteiger partial charge >= 0.3 is 0 Å². The van der Waals surface area contributed by atoms with E-state index in [1.54, 1.807) is 6.20 Å². The number of nitrogens with one attached hydrogen (secondary N) is 1. The van der Waals surface area contributed by atoms with Crippen LogP contribution in [0, 0.1) is 12.8 Å². The molecule has 0 spiro atoms. The number of aliphatic hydroxyl groups is 1. The molecule has 0 saturated carbocycles. The Bertz CT molecular complexity index is 425. The molecule has 1 rings (SSSR count). The van der Waals surface area contributed by atoms with Gasteiger partial charge in [-0.3, -0.25) is 9.48 Å². The molecule has 1 amide bonds. The fourth-order valence-corrected chi connectivity index (χ4v) is 2.33. The molecule has 5 heteroatoms. The maximum atomic E-state index is 12.2. The highest BCUT2D eigenvalue weighted by Gasteiger charge is 2.18. The van der Waals surface area contributed by atoms with Crippen LogP contribution in [0.1, 0.15) is 62.1 Å². The van der Waals surface area contributed by atoms with Gasteiger partial charge in [-0.25, -0.2) is 0 Å². The fourth-order valence-electron chi connectivity index (χ4n) is 2.33. The molecule has 1 heterocycles. The van der Waals surface area contributed by atoms with Gasteiger partial charge in [-0.1, -0.05) is 20.8 Å². The molecule has 0 bridgehead atoms. The number of rotatable bonds is 8. The van der Waals surface area contributed by atoms with E-state index in [1.807, 2.05) is 18.5 Å². The molecule has 1 aromatic rings. The SMILES string of the molecule is CCC(CC)n1ncc(C(=O)NCC(C)CCO)c1C. The van der Waals surface area contributed by atoms with Crippen LogP contribution in [0.5, 0.6) is 0 Å². The number of hydrogen-bond acceptors (Lipinski definition) is 3. The summed E-state index contributed by atoms with van der Waals surface area (Å²) in [6.45, 7) is 8.95. The van der Waals surface area contributed by atoms with Crippen LogP contribution in [0.25, 0.3) is 0 Å². The average Bonchev–Trinajstić information content (AvgIpc) is 2.80. The smallest absolute Gasteiger partial charge is 0.254 e. The van der Waals surface area contributed by atoms with E-state index in [4.69, 9.17) is 5.11 Å². The molecular weight excluding hydrogens is 254 g/mol.